The summed E-state index contributed by atoms with van der Waals surface area (Å²) in [6, 6.07) is -0.401. The molecule has 0 aromatic carbocycles. The van der Waals surface area contributed by atoms with Gasteiger partial charge in [0.25, 0.3) is 0 Å². The van der Waals surface area contributed by atoms with Gasteiger partial charge in [0.05, 0.1) is 11.8 Å². The van der Waals surface area contributed by atoms with Crippen LogP contribution in [0.1, 0.15) is 40.0 Å². The van der Waals surface area contributed by atoms with E-state index in [0.717, 1.165) is 12.8 Å². The van der Waals surface area contributed by atoms with Crippen molar-refractivity contribution in [2.75, 3.05) is 24.7 Å². The number of piperidine rings is 1. The number of thioether (sulfide) groups is 1. The van der Waals surface area contributed by atoms with E-state index >= 15 is 0 Å². The van der Waals surface area contributed by atoms with Gasteiger partial charge in [-0.1, -0.05) is 20.8 Å². The second kappa shape index (κ2) is 7.11. The van der Waals surface area contributed by atoms with Crippen LogP contribution in [0.15, 0.2) is 0 Å². The fraction of sp³-hybridized carbons (Fsp3) is 0.812. The molecule has 7 heteroatoms. The Bertz CT molecular complexity index is 489. The smallest absolute Gasteiger partial charge is 0.246 e. The molecule has 0 radical (unpaired) electrons. The minimum Gasteiger partial charge on any atom is -0.369 e. The Kier molecular flexibility index (Phi) is 5.60. The quantitative estimate of drug-likeness (QED) is 0.831. The molecule has 3 amide bonds. The molecule has 2 unspecified atom stereocenters. The van der Waals surface area contributed by atoms with Crippen molar-refractivity contribution in [3.05, 3.63) is 0 Å². The van der Waals surface area contributed by atoms with Gasteiger partial charge in [0, 0.05) is 25.3 Å². The van der Waals surface area contributed by atoms with Crippen LogP contribution < -0.4 is 5.73 Å². The van der Waals surface area contributed by atoms with Crippen LogP contribution in [0.5, 0.6) is 0 Å². The van der Waals surface area contributed by atoms with E-state index < -0.39 is 6.04 Å². The molecule has 23 heavy (non-hydrogen) atoms. The van der Waals surface area contributed by atoms with Crippen molar-refractivity contribution >= 4 is 29.5 Å². The standard InChI is InChI=1S/C16H27N3O3S/c1-16(2,3)7-13(20)19-10-23-9-12(19)15(22)18-6-4-5-11(8-18)14(17)21/h11-12H,4-10H2,1-3H3,(H2,17,21). The maximum absolute atomic E-state index is 12.8. The molecule has 2 atom stereocenters. The number of hydrogen-bond acceptors (Lipinski definition) is 4. The van der Waals surface area contributed by atoms with Crippen molar-refractivity contribution in [3.63, 3.8) is 0 Å². The zero-order valence-electron chi connectivity index (χ0n) is 14.2. The van der Waals surface area contributed by atoms with Gasteiger partial charge in [-0.15, -0.1) is 11.8 Å². The van der Waals surface area contributed by atoms with E-state index in [1.165, 1.54) is 0 Å². The van der Waals surface area contributed by atoms with Gasteiger partial charge in [0.15, 0.2) is 0 Å². The normalized spacial score (nSPS) is 25.5. The molecule has 2 fully saturated rings. The molecule has 0 aromatic heterocycles. The summed E-state index contributed by atoms with van der Waals surface area (Å²) in [6.45, 7) is 7.09. The number of hydrogen-bond donors (Lipinski definition) is 1. The van der Waals surface area contributed by atoms with Gasteiger partial charge >= 0.3 is 0 Å². The molecule has 0 aromatic rings. The molecule has 0 bridgehead atoms. The van der Waals surface area contributed by atoms with Crippen molar-refractivity contribution in [1.82, 2.24) is 9.80 Å². The van der Waals surface area contributed by atoms with Crippen LogP contribution in [0.3, 0.4) is 0 Å². The van der Waals surface area contributed by atoms with Gasteiger partial charge in [-0.05, 0) is 18.3 Å². The summed E-state index contributed by atoms with van der Waals surface area (Å²) in [5.41, 5.74) is 5.29. The Morgan fingerprint density at radius 1 is 1.26 bits per heavy atom. The summed E-state index contributed by atoms with van der Waals surface area (Å²) in [5.74, 6) is 0.585. The summed E-state index contributed by atoms with van der Waals surface area (Å²) >= 11 is 1.61. The van der Waals surface area contributed by atoms with Crippen LogP contribution in [0.25, 0.3) is 0 Å². The van der Waals surface area contributed by atoms with Gasteiger partial charge in [0.1, 0.15) is 6.04 Å². The van der Waals surface area contributed by atoms with E-state index in [0.29, 0.717) is 31.1 Å². The molecule has 2 aliphatic heterocycles. The molecule has 0 aliphatic carbocycles. The summed E-state index contributed by atoms with van der Waals surface area (Å²) in [5, 5.41) is 0. The van der Waals surface area contributed by atoms with Gasteiger partial charge in [-0.2, -0.15) is 0 Å². The average molecular weight is 341 g/mol. The average Bonchev–Trinajstić information content (AvgIpc) is 2.94. The lowest BCUT2D eigenvalue weighted by Crippen LogP contribution is -2.53. The first kappa shape index (κ1) is 18.1. The zero-order valence-corrected chi connectivity index (χ0v) is 15.0. The largest absolute Gasteiger partial charge is 0.369 e. The molecular weight excluding hydrogens is 314 g/mol. The molecule has 2 saturated heterocycles. The lowest BCUT2D eigenvalue weighted by atomic mass is 9.91. The molecule has 2 heterocycles. The number of nitrogens with two attached hydrogens (primary N) is 1. The first-order valence-electron chi connectivity index (χ1n) is 8.14. The highest BCUT2D eigenvalue weighted by atomic mass is 32.2. The highest BCUT2D eigenvalue weighted by Crippen LogP contribution is 2.28. The van der Waals surface area contributed by atoms with Crippen LogP contribution in [-0.2, 0) is 14.4 Å². The lowest BCUT2D eigenvalue weighted by Gasteiger charge is -2.35. The van der Waals surface area contributed by atoms with E-state index in [4.69, 9.17) is 5.73 Å². The van der Waals surface area contributed by atoms with Crippen LogP contribution >= 0.6 is 11.8 Å². The molecule has 2 N–H and O–H groups in total. The highest BCUT2D eigenvalue weighted by molar-refractivity contribution is 7.99. The Morgan fingerprint density at radius 3 is 2.57 bits per heavy atom. The monoisotopic (exact) mass is 341 g/mol. The Morgan fingerprint density at radius 2 is 1.96 bits per heavy atom. The van der Waals surface area contributed by atoms with E-state index in [9.17, 15) is 14.4 Å². The molecule has 2 aliphatic rings. The number of carbonyl (C=O) groups is 3. The topological polar surface area (TPSA) is 83.7 Å². The number of nitrogens with zero attached hydrogens (tertiary/aromatic N) is 2. The minimum atomic E-state index is -0.401. The molecule has 6 nitrogen and oxygen atoms in total. The first-order valence-corrected chi connectivity index (χ1v) is 9.30. The Hall–Kier alpha value is -1.24. The van der Waals surface area contributed by atoms with E-state index in [2.05, 4.69) is 0 Å². The number of carbonyl (C=O) groups excluding carboxylic acids is 3. The molecule has 0 spiro atoms. The molecule has 130 valence electrons. The predicted molar refractivity (Wildman–Crippen MR) is 90.5 cm³/mol. The third kappa shape index (κ3) is 4.62. The van der Waals surface area contributed by atoms with Crippen molar-refractivity contribution in [2.45, 2.75) is 46.1 Å². The first-order chi connectivity index (χ1) is 10.7. The minimum absolute atomic E-state index is 0.0318. The summed E-state index contributed by atoms with van der Waals surface area (Å²) < 4.78 is 0. The summed E-state index contributed by atoms with van der Waals surface area (Å²) in [7, 11) is 0. The fourth-order valence-electron chi connectivity index (χ4n) is 3.07. The van der Waals surface area contributed by atoms with Crippen molar-refractivity contribution in [2.24, 2.45) is 17.1 Å². The summed E-state index contributed by atoms with van der Waals surface area (Å²) in [4.78, 5) is 40.1. The number of likely N-dealkylation sites (tertiary alicyclic amines) is 1. The third-order valence-electron chi connectivity index (χ3n) is 4.30. The van der Waals surface area contributed by atoms with Crippen LogP contribution in [0.2, 0.25) is 0 Å². The molecular formula is C16H27N3O3S. The lowest BCUT2D eigenvalue weighted by molar-refractivity contribution is -0.146. The van der Waals surface area contributed by atoms with Crippen molar-refractivity contribution in [3.8, 4) is 0 Å². The number of rotatable bonds is 3. The van der Waals surface area contributed by atoms with E-state index in [1.54, 1.807) is 21.6 Å². The zero-order chi connectivity index (χ0) is 17.2. The van der Waals surface area contributed by atoms with Crippen molar-refractivity contribution in [1.29, 1.82) is 0 Å². The second-order valence-electron chi connectivity index (χ2n) is 7.64. The van der Waals surface area contributed by atoms with Crippen LogP contribution in [0, 0.1) is 11.3 Å². The van der Waals surface area contributed by atoms with Gasteiger partial charge in [-0.3, -0.25) is 14.4 Å². The third-order valence-corrected chi connectivity index (χ3v) is 5.32. The van der Waals surface area contributed by atoms with Crippen molar-refractivity contribution < 1.29 is 14.4 Å². The second-order valence-corrected chi connectivity index (χ2v) is 8.64. The van der Waals surface area contributed by atoms with Gasteiger partial charge in [0.2, 0.25) is 17.7 Å². The number of primary amides is 1. The highest BCUT2D eigenvalue weighted by Gasteiger charge is 2.39. The molecule has 0 saturated carbocycles. The van der Waals surface area contributed by atoms with E-state index in [1.807, 2.05) is 20.8 Å². The fourth-order valence-corrected chi connectivity index (χ4v) is 4.24. The number of amides is 3. The maximum Gasteiger partial charge on any atom is 0.246 e. The SMILES string of the molecule is CC(C)(C)CC(=O)N1CSCC1C(=O)N1CCCC(C(N)=O)C1. The molecule has 2 rings (SSSR count). The Labute approximate surface area is 142 Å². The van der Waals surface area contributed by atoms with Gasteiger partial charge < -0.3 is 15.5 Å². The van der Waals surface area contributed by atoms with Crippen LogP contribution in [-0.4, -0.2) is 58.3 Å². The summed E-state index contributed by atoms with van der Waals surface area (Å²) in [6.07, 6.45) is 1.96. The maximum atomic E-state index is 12.8. The van der Waals surface area contributed by atoms with Gasteiger partial charge in [-0.25, -0.2) is 0 Å². The van der Waals surface area contributed by atoms with E-state index in [-0.39, 0.29) is 29.1 Å². The van der Waals surface area contributed by atoms with Crippen LogP contribution in [0.4, 0.5) is 0 Å². The predicted octanol–water partition coefficient (Wildman–Crippen LogP) is 1.05. The Balaban J connectivity index is 2.02.